The van der Waals surface area contributed by atoms with Gasteiger partial charge in [-0.2, -0.15) is 13.2 Å². The van der Waals surface area contributed by atoms with Gasteiger partial charge < -0.3 is 9.47 Å². The molecule has 0 unspecified atom stereocenters. The molecule has 0 saturated carbocycles. The molecular formula is C26H16BrClF3N3O7. The zero-order valence-electron chi connectivity index (χ0n) is 20.8. The van der Waals surface area contributed by atoms with Crippen LogP contribution < -0.4 is 19.7 Å². The average molecular weight is 655 g/mol. The topological polar surface area (TPSA) is 128 Å². The van der Waals surface area contributed by atoms with Crippen molar-refractivity contribution in [2.75, 3.05) is 12.0 Å². The fraction of sp³-hybridized carbons (Fsp3) is 0.115. The summed E-state index contributed by atoms with van der Waals surface area (Å²) in [4.78, 5) is 49.5. The van der Waals surface area contributed by atoms with E-state index in [1.165, 1.54) is 37.5 Å². The lowest BCUT2D eigenvalue weighted by molar-refractivity contribution is -0.385. The lowest BCUT2D eigenvalue weighted by Crippen LogP contribution is -2.54. The second-order valence-corrected chi connectivity index (χ2v) is 9.73. The fourth-order valence-electron chi connectivity index (χ4n) is 3.73. The molecule has 0 spiro atoms. The molecule has 1 aliphatic rings. The molecule has 1 aliphatic heterocycles. The number of nitrogens with one attached hydrogen (secondary N) is 1. The third-order valence-electron chi connectivity index (χ3n) is 5.77. The summed E-state index contributed by atoms with van der Waals surface area (Å²) in [5.74, 6) is -2.59. The monoisotopic (exact) mass is 653 g/mol. The van der Waals surface area contributed by atoms with Crippen LogP contribution >= 0.6 is 27.5 Å². The van der Waals surface area contributed by atoms with E-state index < -0.39 is 51.5 Å². The summed E-state index contributed by atoms with van der Waals surface area (Å²) in [6.07, 6.45) is -3.64. The molecule has 0 atom stereocenters. The number of rotatable bonds is 6. The Morgan fingerprint density at radius 2 is 1.78 bits per heavy atom. The van der Waals surface area contributed by atoms with Gasteiger partial charge in [-0.1, -0.05) is 17.7 Å². The summed E-state index contributed by atoms with van der Waals surface area (Å²) >= 11 is 9.36. The number of anilines is 1. The van der Waals surface area contributed by atoms with Crippen LogP contribution in [0, 0.1) is 17.0 Å². The van der Waals surface area contributed by atoms with Crippen LogP contribution in [0.4, 0.5) is 29.3 Å². The van der Waals surface area contributed by atoms with Crippen molar-refractivity contribution in [3.63, 3.8) is 0 Å². The van der Waals surface area contributed by atoms with Crippen LogP contribution in [0.5, 0.6) is 17.2 Å². The van der Waals surface area contributed by atoms with Gasteiger partial charge in [0.25, 0.3) is 11.8 Å². The van der Waals surface area contributed by atoms with Crippen LogP contribution in [-0.2, 0) is 15.8 Å². The highest BCUT2D eigenvalue weighted by Crippen LogP contribution is 2.44. The summed E-state index contributed by atoms with van der Waals surface area (Å²) in [6, 6.07) is 7.96. The average Bonchev–Trinajstić information content (AvgIpc) is 2.89. The van der Waals surface area contributed by atoms with Crippen LogP contribution in [0.3, 0.4) is 0 Å². The highest BCUT2D eigenvalue weighted by molar-refractivity contribution is 9.10. The van der Waals surface area contributed by atoms with Crippen molar-refractivity contribution in [2.24, 2.45) is 0 Å². The van der Waals surface area contributed by atoms with Crippen LogP contribution in [0.2, 0.25) is 5.02 Å². The molecule has 1 saturated heterocycles. The summed E-state index contributed by atoms with van der Waals surface area (Å²) in [6.45, 7) is 1.73. The summed E-state index contributed by atoms with van der Waals surface area (Å²) < 4.78 is 50.2. The van der Waals surface area contributed by atoms with Crippen LogP contribution in [0.15, 0.2) is 58.6 Å². The van der Waals surface area contributed by atoms with Crippen LogP contribution in [-0.4, -0.2) is 29.9 Å². The van der Waals surface area contributed by atoms with Gasteiger partial charge in [0, 0.05) is 11.1 Å². The van der Waals surface area contributed by atoms with E-state index in [4.69, 9.17) is 21.1 Å². The first-order valence-corrected chi connectivity index (χ1v) is 12.5. The predicted molar refractivity (Wildman–Crippen MR) is 144 cm³/mol. The number of amides is 4. The van der Waals surface area contributed by atoms with Gasteiger partial charge in [0.2, 0.25) is 5.75 Å². The number of nitrogens with zero attached hydrogens (tertiary/aromatic N) is 2. The maximum atomic E-state index is 13.2. The van der Waals surface area contributed by atoms with E-state index in [1.54, 1.807) is 13.0 Å². The minimum Gasteiger partial charge on any atom is -0.493 e. The number of barbiturate groups is 1. The van der Waals surface area contributed by atoms with Gasteiger partial charge in [-0.05, 0) is 76.5 Å². The van der Waals surface area contributed by atoms with E-state index in [2.05, 4.69) is 21.2 Å². The molecule has 0 radical (unpaired) electrons. The lowest BCUT2D eigenvalue weighted by atomic mass is 10.1. The first-order chi connectivity index (χ1) is 19.2. The molecule has 0 aliphatic carbocycles. The lowest BCUT2D eigenvalue weighted by Gasteiger charge is -2.26. The number of methoxy groups -OCH3 is 1. The molecular weight excluding hydrogens is 639 g/mol. The van der Waals surface area contributed by atoms with Gasteiger partial charge in [0.05, 0.1) is 27.8 Å². The molecule has 3 aromatic rings. The Bertz CT molecular complexity index is 1660. The molecule has 1 N–H and O–H groups in total. The number of imide groups is 2. The molecule has 1 fully saturated rings. The maximum absolute atomic E-state index is 13.2. The Balaban J connectivity index is 1.72. The number of nitro groups is 1. The van der Waals surface area contributed by atoms with Gasteiger partial charge in [-0.25, -0.2) is 9.69 Å². The Kier molecular flexibility index (Phi) is 8.08. The Morgan fingerprint density at radius 3 is 2.39 bits per heavy atom. The second-order valence-electron chi connectivity index (χ2n) is 8.46. The van der Waals surface area contributed by atoms with Crippen LogP contribution in [0.1, 0.15) is 16.7 Å². The first-order valence-electron chi connectivity index (χ1n) is 11.3. The van der Waals surface area contributed by atoms with Gasteiger partial charge in [0.1, 0.15) is 5.57 Å². The molecule has 15 heteroatoms. The fourth-order valence-corrected chi connectivity index (χ4v) is 4.45. The first kappa shape index (κ1) is 29.6. The van der Waals surface area contributed by atoms with Crippen molar-refractivity contribution in [1.82, 2.24) is 5.32 Å². The van der Waals surface area contributed by atoms with Crippen molar-refractivity contribution in [1.29, 1.82) is 0 Å². The number of benzene rings is 3. The zero-order valence-corrected chi connectivity index (χ0v) is 23.2. The van der Waals surface area contributed by atoms with E-state index in [0.29, 0.717) is 22.7 Å². The van der Waals surface area contributed by atoms with Crippen LogP contribution in [0.25, 0.3) is 6.08 Å². The Hall–Kier alpha value is -4.43. The van der Waals surface area contributed by atoms with Crippen molar-refractivity contribution in [3.8, 4) is 17.2 Å². The van der Waals surface area contributed by atoms with Crippen molar-refractivity contribution in [3.05, 3.63) is 90.4 Å². The van der Waals surface area contributed by atoms with Crippen molar-refractivity contribution in [2.45, 2.75) is 13.1 Å². The molecule has 10 nitrogen and oxygen atoms in total. The van der Waals surface area contributed by atoms with E-state index in [-0.39, 0.29) is 27.2 Å². The molecule has 0 aromatic heterocycles. The highest BCUT2D eigenvalue weighted by atomic mass is 79.9. The number of hydrogen-bond donors (Lipinski definition) is 1. The van der Waals surface area contributed by atoms with E-state index in [1.807, 2.05) is 0 Å². The molecule has 1 heterocycles. The predicted octanol–water partition coefficient (Wildman–Crippen LogP) is 6.81. The third-order valence-corrected chi connectivity index (χ3v) is 6.77. The minimum absolute atomic E-state index is 0.0534. The number of alkyl halides is 3. The van der Waals surface area contributed by atoms with Gasteiger partial charge >= 0.3 is 17.9 Å². The standard InChI is InChI=1S/C26H16BrClF3N3O7/c1-12-3-5-15(11-18(12)28)33-24(36)16(23(35)32-25(33)37)7-13-8-17(27)22(21(9-13)40-2)41-20-6-4-14(26(29,30)31)10-19(20)34(38)39/h3-11H,1-2H3,(H,32,35,37)/b16-7+. The Labute approximate surface area is 242 Å². The van der Waals surface area contributed by atoms with Crippen molar-refractivity contribution < 1.29 is 42.0 Å². The molecule has 41 heavy (non-hydrogen) atoms. The van der Waals surface area contributed by atoms with E-state index in [0.717, 1.165) is 11.0 Å². The molecule has 212 valence electrons. The summed E-state index contributed by atoms with van der Waals surface area (Å²) in [7, 11) is 1.23. The number of urea groups is 1. The normalized spacial score (nSPS) is 14.8. The number of aryl methyl sites for hydroxylation is 1. The smallest absolute Gasteiger partial charge is 0.416 e. The number of ether oxygens (including phenoxy) is 2. The third kappa shape index (κ3) is 6.02. The minimum atomic E-state index is -4.81. The Morgan fingerprint density at radius 1 is 1.07 bits per heavy atom. The number of nitro benzene ring substituents is 1. The van der Waals surface area contributed by atoms with Gasteiger partial charge in [-0.3, -0.25) is 25.0 Å². The summed E-state index contributed by atoms with van der Waals surface area (Å²) in [5, 5.41) is 13.8. The number of carbonyl (C=O) groups is 3. The van der Waals surface area contributed by atoms with E-state index in [9.17, 15) is 37.7 Å². The number of hydrogen-bond acceptors (Lipinski definition) is 7. The maximum Gasteiger partial charge on any atom is 0.416 e. The molecule has 4 amide bonds. The zero-order chi connectivity index (χ0) is 30.2. The summed E-state index contributed by atoms with van der Waals surface area (Å²) in [5.41, 5.74) is -1.55. The van der Waals surface area contributed by atoms with Gasteiger partial charge in [0.15, 0.2) is 11.5 Å². The highest BCUT2D eigenvalue weighted by Gasteiger charge is 2.37. The molecule has 4 rings (SSSR count). The van der Waals surface area contributed by atoms with E-state index >= 15 is 0 Å². The van der Waals surface area contributed by atoms with Crippen molar-refractivity contribution >= 4 is 62.8 Å². The SMILES string of the molecule is COc1cc(/C=C2\C(=O)NC(=O)N(c3ccc(C)c(Cl)c3)C2=O)cc(Br)c1Oc1ccc(C(F)(F)F)cc1[N+](=O)[O-]. The second kappa shape index (κ2) is 11.2. The quantitative estimate of drug-likeness (QED) is 0.134. The molecule has 3 aromatic carbocycles. The van der Waals surface area contributed by atoms with Gasteiger partial charge in [-0.15, -0.1) is 0 Å². The molecule has 0 bridgehead atoms. The largest absolute Gasteiger partial charge is 0.493 e. The number of halogens is 5. The number of carbonyl (C=O) groups excluding carboxylic acids is 3.